The van der Waals surface area contributed by atoms with Crippen LogP contribution in [0.25, 0.3) is 0 Å². The Bertz CT molecular complexity index is 1060. The van der Waals surface area contributed by atoms with Crippen LogP contribution in [0.1, 0.15) is 38.8 Å². The summed E-state index contributed by atoms with van der Waals surface area (Å²) in [5, 5.41) is 6.84. The van der Waals surface area contributed by atoms with Crippen molar-refractivity contribution < 1.29 is 14.3 Å². The first-order chi connectivity index (χ1) is 14.6. The molecule has 0 atom stereocenters. The van der Waals surface area contributed by atoms with Gasteiger partial charge in [0.25, 0.3) is 11.8 Å². The van der Waals surface area contributed by atoms with Gasteiger partial charge in [0, 0.05) is 22.4 Å². The van der Waals surface area contributed by atoms with E-state index >= 15 is 0 Å². The third kappa shape index (κ3) is 5.32. The van der Waals surface area contributed by atoms with Crippen LogP contribution in [0.4, 0.5) is 5.69 Å². The SMILES string of the molecule is CCOc1ccccc1C=NNC(=O)c1ccc(NC(=O)c2ccccc2C)cc1. The van der Waals surface area contributed by atoms with Crippen molar-refractivity contribution in [3.63, 3.8) is 0 Å². The van der Waals surface area contributed by atoms with E-state index in [1.165, 1.54) is 0 Å². The molecular weight excluding hydrogens is 378 g/mol. The molecule has 3 aromatic carbocycles. The number of aryl methyl sites for hydroxylation is 1. The highest BCUT2D eigenvalue weighted by atomic mass is 16.5. The summed E-state index contributed by atoms with van der Waals surface area (Å²) in [6.07, 6.45) is 1.54. The molecule has 2 amide bonds. The number of hydrogen-bond donors (Lipinski definition) is 2. The van der Waals surface area contributed by atoms with Gasteiger partial charge in [-0.25, -0.2) is 5.43 Å². The van der Waals surface area contributed by atoms with E-state index in [-0.39, 0.29) is 11.8 Å². The van der Waals surface area contributed by atoms with Crippen LogP contribution in [0.3, 0.4) is 0 Å². The average Bonchev–Trinajstić information content (AvgIpc) is 2.76. The summed E-state index contributed by atoms with van der Waals surface area (Å²) in [6.45, 7) is 4.34. The number of ether oxygens (including phenoxy) is 1. The summed E-state index contributed by atoms with van der Waals surface area (Å²) in [4.78, 5) is 24.7. The van der Waals surface area contributed by atoms with Gasteiger partial charge in [-0.1, -0.05) is 30.3 Å². The standard InChI is InChI=1S/C24H23N3O3/c1-3-30-22-11-7-5-9-19(22)16-25-27-23(28)18-12-14-20(15-13-18)26-24(29)21-10-6-4-8-17(21)2/h4-16H,3H2,1-2H3,(H,26,29)(H,27,28). The number of carbonyl (C=O) groups excluding carboxylic acids is 2. The summed E-state index contributed by atoms with van der Waals surface area (Å²) >= 11 is 0. The quantitative estimate of drug-likeness (QED) is 0.455. The first-order valence-corrected chi connectivity index (χ1v) is 9.60. The highest BCUT2D eigenvalue weighted by Crippen LogP contribution is 2.16. The van der Waals surface area contributed by atoms with Crippen LogP contribution in [0, 0.1) is 6.92 Å². The van der Waals surface area contributed by atoms with Gasteiger partial charge in [-0.05, 0) is 61.9 Å². The average molecular weight is 401 g/mol. The molecule has 3 aromatic rings. The number of benzene rings is 3. The van der Waals surface area contributed by atoms with Gasteiger partial charge >= 0.3 is 0 Å². The second-order valence-corrected chi connectivity index (χ2v) is 6.52. The second kappa shape index (κ2) is 10.0. The monoisotopic (exact) mass is 401 g/mol. The van der Waals surface area contributed by atoms with E-state index in [1.807, 2.05) is 56.3 Å². The zero-order chi connectivity index (χ0) is 21.3. The number of hydrazone groups is 1. The fourth-order valence-corrected chi connectivity index (χ4v) is 2.83. The van der Waals surface area contributed by atoms with Crippen molar-refractivity contribution in [1.29, 1.82) is 0 Å². The van der Waals surface area contributed by atoms with E-state index in [0.717, 1.165) is 11.1 Å². The number of para-hydroxylation sites is 1. The summed E-state index contributed by atoms with van der Waals surface area (Å²) < 4.78 is 5.52. The molecule has 0 saturated carbocycles. The van der Waals surface area contributed by atoms with Crippen molar-refractivity contribution in [2.45, 2.75) is 13.8 Å². The van der Waals surface area contributed by atoms with Gasteiger partial charge in [0.2, 0.25) is 0 Å². The van der Waals surface area contributed by atoms with E-state index in [4.69, 9.17) is 4.74 Å². The minimum atomic E-state index is -0.350. The predicted octanol–water partition coefficient (Wildman–Crippen LogP) is 4.41. The lowest BCUT2D eigenvalue weighted by Gasteiger charge is -2.08. The van der Waals surface area contributed by atoms with Gasteiger partial charge in [-0.3, -0.25) is 9.59 Å². The lowest BCUT2D eigenvalue weighted by molar-refractivity contribution is 0.0954. The Hall–Kier alpha value is -3.93. The normalized spacial score (nSPS) is 10.6. The molecule has 0 unspecified atom stereocenters. The Balaban J connectivity index is 1.60. The Kier molecular flexibility index (Phi) is 6.95. The molecule has 0 radical (unpaired) electrons. The number of nitrogens with one attached hydrogen (secondary N) is 2. The van der Waals surface area contributed by atoms with Gasteiger partial charge in [0.15, 0.2) is 0 Å². The molecule has 0 aromatic heterocycles. The summed E-state index contributed by atoms with van der Waals surface area (Å²) in [7, 11) is 0. The van der Waals surface area contributed by atoms with Crippen LogP contribution in [0.5, 0.6) is 5.75 Å². The van der Waals surface area contributed by atoms with E-state index in [9.17, 15) is 9.59 Å². The van der Waals surface area contributed by atoms with Gasteiger partial charge in [-0.2, -0.15) is 5.10 Å². The zero-order valence-electron chi connectivity index (χ0n) is 16.9. The van der Waals surface area contributed by atoms with Gasteiger partial charge in [-0.15, -0.1) is 0 Å². The Morgan fingerprint density at radius 1 is 0.933 bits per heavy atom. The van der Waals surface area contributed by atoms with Crippen molar-refractivity contribution in [2.24, 2.45) is 5.10 Å². The largest absolute Gasteiger partial charge is 0.493 e. The lowest BCUT2D eigenvalue weighted by atomic mass is 10.1. The molecule has 0 aliphatic carbocycles. The highest BCUT2D eigenvalue weighted by Gasteiger charge is 2.09. The molecule has 3 rings (SSSR count). The maximum Gasteiger partial charge on any atom is 0.271 e. The number of rotatable bonds is 7. The van der Waals surface area contributed by atoms with Crippen molar-refractivity contribution in [3.05, 3.63) is 95.1 Å². The van der Waals surface area contributed by atoms with E-state index in [2.05, 4.69) is 15.8 Å². The number of hydrogen-bond acceptors (Lipinski definition) is 4. The summed E-state index contributed by atoms with van der Waals surface area (Å²) in [5.74, 6) is 0.159. The second-order valence-electron chi connectivity index (χ2n) is 6.52. The zero-order valence-corrected chi connectivity index (χ0v) is 16.9. The molecular formula is C24H23N3O3. The minimum absolute atomic E-state index is 0.192. The maximum absolute atomic E-state index is 12.4. The van der Waals surface area contributed by atoms with Crippen LogP contribution in [-0.2, 0) is 0 Å². The third-order valence-electron chi connectivity index (χ3n) is 4.38. The van der Waals surface area contributed by atoms with Crippen molar-refractivity contribution in [1.82, 2.24) is 5.43 Å². The van der Waals surface area contributed by atoms with Crippen LogP contribution in [-0.4, -0.2) is 24.6 Å². The molecule has 152 valence electrons. The van der Waals surface area contributed by atoms with Crippen molar-refractivity contribution >= 4 is 23.7 Å². The molecule has 30 heavy (non-hydrogen) atoms. The third-order valence-corrected chi connectivity index (χ3v) is 4.38. The number of amides is 2. The molecule has 2 N–H and O–H groups in total. The van der Waals surface area contributed by atoms with Gasteiger partial charge in [0.05, 0.1) is 12.8 Å². The Morgan fingerprint density at radius 2 is 1.63 bits per heavy atom. The van der Waals surface area contributed by atoms with E-state index in [0.29, 0.717) is 29.2 Å². The van der Waals surface area contributed by atoms with Gasteiger partial charge in [0.1, 0.15) is 5.75 Å². The first kappa shape index (κ1) is 20.8. The molecule has 0 fully saturated rings. The number of carbonyl (C=O) groups is 2. The molecule has 0 aliphatic rings. The smallest absolute Gasteiger partial charge is 0.271 e. The van der Waals surface area contributed by atoms with Crippen molar-refractivity contribution in [2.75, 3.05) is 11.9 Å². The molecule has 0 saturated heterocycles. The van der Waals surface area contributed by atoms with Crippen LogP contribution in [0.2, 0.25) is 0 Å². The first-order valence-electron chi connectivity index (χ1n) is 9.60. The fourth-order valence-electron chi connectivity index (χ4n) is 2.83. The fraction of sp³-hybridized carbons (Fsp3) is 0.125. The molecule has 0 spiro atoms. The number of nitrogens with zero attached hydrogens (tertiary/aromatic N) is 1. The molecule has 0 heterocycles. The Labute approximate surface area is 175 Å². The topological polar surface area (TPSA) is 79.8 Å². The minimum Gasteiger partial charge on any atom is -0.493 e. The summed E-state index contributed by atoms with van der Waals surface area (Å²) in [6, 6.07) is 21.4. The molecule has 0 aliphatic heterocycles. The predicted molar refractivity (Wildman–Crippen MR) is 118 cm³/mol. The molecule has 0 bridgehead atoms. The summed E-state index contributed by atoms with van der Waals surface area (Å²) in [5.41, 5.74) is 5.82. The van der Waals surface area contributed by atoms with E-state index in [1.54, 1.807) is 36.5 Å². The van der Waals surface area contributed by atoms with Gasteiger partial charge < -0.3 is 10.1 Å². The lowest BCUT2D eigenvalue weighted by Crippen LogP contribution is -2.18. The van der Waals surface area contributed by atoms with Crippen molar-refractivity contribution in [3.8, 4) is 5.75 Å². The molecule has 6 nitrogen and oxygen atoms in total. The highest BCUT2D eigenvalue weighted by molar-refractivity contribution is 6.05. The van der Waals surface area contributed by atoms with E-state index < -0.39 is 0 Å². The Morgan fingerprint density at radius 3 is 2.37 bits per heavy atom. The van der Waals surface area contributed by atoms with Crippen LogP contribution in [0.15, 0.2) is 77.9 Å². The molecule has 6 heteroatoms. The van der Waals surface area contributed by atoms with Crippen LogP contribution >= 0.6 is 0 Å². The van der Waals surface area contributed by atoms with Crippen LogP contribution < -0.4 is 15.5 Å². The number of anilines is 1. The maximum atomic E-state index is 12.4.